The Morgan fingerprint density at radius 3 is 2.49 bits per heavy atom. The van der Waals surface area contributed by atoms with Gasteiger partial charge in [0.05, 0.1) is 18.7 Å². The summed E-state index contributed by atoms with van der Waals surface area (Å²) < 4.78 is 22.9. The molecule has 0 aliphatic heterocycles. The maximum atomic E-state index is 12.5. The molecule has 0 bridgehead atoms. The van der Waals surface area contributed by atoms with E-state index in [1.807, 2.05) is 37.3 Å². The third-order valence-corrected chi connectivity index (χ3v) is 6.15. The molecule has 0 aliphatic rings. The number of rotatable bonds is 11. The van der Waals surface area contributed by atoms with Gasteiger partial charge in [-0.3, -0.25) is 10.1 Å². The highest BCUT2D eigenvalue weighted by Gasteiger charge is 2.15. The monoisotopic (exact) mass is 558 g/mol. The first kappa shape index (κ1) is 26.0. The second kappa shape index (κ2) is 12.7. The predicted molar refractivity (Wildman–Crippen MR) is 136 cm³/mol. The SMILES string of the molecule is CCc1nnc(NC(=O)/C(C#N)=C\c2cc(Br)c(OCCOc3ccccc3OC)c(OC)c2)s1. The third-order valence-electron chi connectivity index (χ3n) is 4.57. The fourth-order valence-electron chi connectivity index (χ4n) is 2.92. The number of para-hydroxylation sites is 2. The first-order valence-corrected chi connectivity index (χ1v) is 12.1. The van der Waals surface area contributed by atoms with Gasteiger partial charge in [-0.25, -0.2) is 0 Å². The minimum absolute atomic E-state index is 0.0916. The molecule has 1 heterocycles. The van der Waals surface area contributed by atoms with E-state index in [4.69, 9.17) is 18.9 Å². The first-order chi connectivity index (χ1) is 17.0. The van der Waals surface area contributed by atoms with Crippen LogP contribution in [0.4, 0.5) is 5.13 Å². The summed E-state index contributed by atoms with van der Waals surface area (Å²) in [6, 6.07) is 12.7. The number of hydrogen-bond donors (Lipinski definition) is 1. The molecule has 0 saturated carbocycles. The summed E-state index contributed by atoms with van der Waals surface area (Å²) in [5.74, 6) is 1.58. The molecule has 3 aromatic rings. The number of methoxy groups -OCH3 is 2. The van der Waals surface area contributed by atoms with Crippen molar-refractivity contribution in [2.45, 2.75) is 13.3 Å². The molecular weight excluding hydrogens is 536 g/mol. The number of hydrogen-bond acceptors (Lipinski definition) is 9. The Labute approximate surface area is 215 Å². The molecular formula is C24H23BrN4O5S. The number of anilines is 1. The topological polar surface area (TPSA) is 116 Å². The normalized spacial score (nSPS) is 10.9. The van der Waals surface area contributed by atoms with E-state index in [0.29, 0.717) is 44.6 Å². The van der Waals surface area contributed by atoms with Gasteiger partial charge in [0.15, 0.2) is 23.0 Å². The Kier molecular flexibility index (Phi) is 9.46. The standard InChI is InChI=1S/C24H23BrN4O5S/c1-4-21-28-29-24(35-21)27-23(30)16(14-26)11-15-12-17(25)22(20(13-15)32-3)34-10-9-33-19-8-6-5-7-18(19)31-2/h5-8,11-13H,4,9-10H2,1-3H3,(H,27,29,30)/b16-11-. The summed E-state index contributed by atoms with van der Waals surface area (Å²) in [6.07, 6.45) is 2.17. The molecule has 0 unspecified atom stereocenters. The van der Waals surface area contributed by atoms with E-state index in [9.17, 15) is 10.1 Å². The number of aryl methyl sites for hydroxylation is 1. The zero-order valence-electron chi connectivity index (χ0n) is 19.3. The summed E-state index contributed by atoms with van der Waals surface area (Å²) in [4.78, 5) is 12.5. The van der Waals surface area contributed by atoms with Crippen LogP contribution in [0.25, 0.3) is 6.08 Å². The molecule has 11 heteroatoms. The van der Waals surface area contributed by atoms with Crippen molar-refractivity contribution in [3.8, 4) is 29.1 Å². The Balaban J connectivity index is 1.69. The van der Waals surface area contributed by atoms with Crippen molar-refractivity contribution in [1.29, 1.82) is 5.26 Å². The zero-order valence-corrected chi connectivity index (χ0v) is 21.7. The van der Waals surface area contributed by atoms with E-state index in [0.717, 1.165) is 5.01 Å². The van der Waals surface area contributed by atoms with Gasteiger partial charge in [0.1, 0.15) is 29.9 Å². The molecule has 0 aliphatic carbocycles. The molecule has 1 N–H and O–H groups in total. The first-order valence-electron chi connectivity index (χ1n) is 10.5. The number of amides is 1. The van der Waals surface area contributed by atoms with Crippen molar-refractivity contribution in [3.63, 3.8) is 0 Å². The molecule has 0 spiro atoms. The van der Waals surface area contributed by atoms with Crippen molar-refractivity contribution in [2.75, 3.05) is 32.8 Å². The van der Waals surface area contributed by atoms with Gasteiger partial charge in [-0.05, 0) is 58.3 Å². The fraction of sp³-hybridized carbons (Fsp3) is 0.250. The van der Waals surface area contributed by atoms with Crippen LogP contribution in [0.2, 0.25) is 0 Å². The van der Waals surface area contributed by atoms with Crippen molar-refractivity contribution in [3.05, 3.63) is 57.0 Å². The molecule has 0 fully saturated rings. The van der Waals surface area contributed by atoms with Gasteiger partial charge in [0.25, 0.3) is 5.91 Å². The lowest BCUT2D eigenvalue weighted by atomic mass is 10.1. The average molecular weight is 559 g/mol. The van der Waals surface area contributed by atoms with Crippen molar-refractivity contribution in [1.82, 2.24) is 10.2 Å². The van der Waals surface area contributed by atoms with Crippen LogP contribution in [0.15, 0.2) is 46.4 Å². The fourth-order valence-corrected chi connectivity index (χ4v) is 4.17. The number of nitrogens with zero attached hydrogens (tertiary/aromatic N) is 3. The minimum atomic E-state index is -0.574. The van der Waals surface area contributed by atoms with Crippen LogP contribution in [-0.4, -0.2) is 43.5 Å². The van der Waals surface area contributed by atoms with Crippen molar-refractivity contribution < 1.29 is 23.7 Å². The van der Waals surface area contributed by atoms with Crippen LogP contribution in [0.1, 0.15) is 17.5 Å². The largest absolute Gasteiger partial charge is 0.493 e. The number of carbonyl (C=O) groups is 1. The maximum absolute atomic E-state index is 12.5. The molecule has 1 aromatic heterocycles. The number of carbonyl (C=O) groups excluding carboxylic acids is 1. The highest BCUT2D eigenvalue weighted by atomic mass is 79.9. The van der Waals surface area contributed by atoms with Gasteiger partial charge >= 0.3 is 0 Å². The van der Waals surface area contributed by atoms with Crippen LogP contribution in [0.3, 0.4) is 0 Å². The Hall–Kier alpha value is -3.62. The lowest BCUT2D eigenvalue weighted by molar-refractivity contribution is -0.112. The molecule has 9 nitrogen and oxygen atoms in total. The number of nitriles is 1. The lowest BCUT2D eigenvalue weighted by Crippen LogP contribution is -2.13. The van der Waals surface area contributed by atoms with E-state index in [2.05, 4.69) is 31.4 Å². The van der Waals surface area contributed by atoms with Gasteiger partial charge in [0, 0.05) is 0 Å². The zero-order chi connectivity index (χ0) is 25.2. The van der Waals surface area contributed by atoms with Crippen molar-refractivity contribution >= 4 is 44.4 Å². The second-order valence-corrected chi connectivity index (χ2v) is 8.78. The van der Waals surface area contributed by atoms with Gasteiger partial charge in [0.2, 0.25) is 5.13 Å². The van der Waals surface area contributed by atoms with Gasteiger partial charge in [-0.15, -0.1) is 10.2 Å². The molecule has 1 amide bonds. The Bertz CT molecular complexity index is 1250. The number of nitrogens with one attached hydrogen (secondary N) is 1. The van der Waals surface area contributed by atoms with Crippen LogP contribution < -0.4 is 24.3 Å². The van der Waals surface area contributed by atoms with Gasteiger partial charge < -0.3 is 18.9 Å². The quantitative estimate of drug-likeness (QED) is 0.201. The van der Waals surface area contributed by atoms with E-state index in [1.54, 1.807) is 19.2 Å². The van der Waals surface area contributed by atoms with Gasteiger partial charge in [-0.1, -0.05) is 30.4 Å². The van der Waals surface area contributed by atoms with Crippen LogP contribution in [-0.2, 0) is 11.2 Å². The lowest BCUT2D eigenvalue weighted by Gasteiger charge is -2.15. The predicted octanol–water partition coefficient (Wildman–Crippen LogP) is 4.88. The molecule has 35 heavy (non-hydrogen) atoms. The van der Waals surface area contributed by atoms with Crippen LogP contribution in [0, 0.1) is 11.3 Å². The smallest absolute Gasteiger partial charge is 0.268 e. The summed E-state index contributed by atoms with van der Waals surface area (Å²) in [6.45, 7) is 2.47. The summed E-state index contributed by atoms with van der Waals surface area (Å²) in [7, 11) is 3.09. The van der Waals surface area contributed by atoms with Crippen LogP contribution in [0.5, 0.6) is 23.0 Å². The molecule has 0 radical (unpaired) electrons. The van der Waals surface area contributed by atoms with E-state index >= 15 is 0 Å². The van der Waals surface area contributed by atoms with E-state index < -0.39 is 5.91 Å². The highest BCUT2D eigenvalue weighted by molar-refractivity contribution is 9.10. The summed E-state index contributed by atoms with van der Waals surface area (Å²) >= 11 is 4.74. The highest BCUT2D eigenvalue weighted by Crippen LogP contribution is 2.37. The van der Waals surface area contributed by atoms with Crippen molar-refractivity contribution in [2.24, 2.45) is 0 Å². The van der Waals surface area contributed by atoms with Crippen LogP contribution >= 0.6 is 27.3 Å². The Morgan fingerprint density at radius 2 is 1.83 bits per heavy atom. The third kappa shape index (κ3) is 6.94. The number of benzene rings is 2. The van der Waals surface area contributed by atoms with Gasteiger partial charge in [-0.2, -0.15) is 5.26 Å². The second-order valence-electron chi connectivity index (χ2n) is 6.86. The summed E-state index contributed by atoms with van der Waals surface area (Å²) in [5, 5.41) is 21.1. The minimum Gasteiger partial charge on any atom is -0.493 e. The van der Waals surface area contributed by atoms with E-state index in [1.165, 1.54) is 24.5 Å². The molecule has 182 valence electrons. The molecule has 0 saturated heterocycles. The number of halogens is 1. The maximum Gasteiger partial charge on any atom is 0.268 e. The number of aromatic nitrogens is 2. The molecule has 0 atom stereocenters. The molecule has 2 aromatic carbocycles. The Morgan fingerprint density at radius 1 is 1.11 bits per heavy atom. The summed E-state index contributed by atoms with van der Waals surface area (Å²) in [5.41, 5.74) is 0.482. The number of ether oxygens (including phenoxy) is 4. The average Bonchev–Trinajstić information content (AvgIpc) is 3.33. The van der Waals surface area contributed by atoms with E-state index in [-0.39, 0.29) is 18.8 Å². The molecule has 3 rings (SSSR count).